The van der Waals surface area contributed by atoms with Crippen molar-refractivity contribution in [2.45, 2.75) is 31.4 Å². The molecule has 3 aromatic rings. The monoisotopic (exact) mass is 385 g/mol. The predicted octanol–water partition coefficient (Wildman–Crippen LogP) is 6.00. The minimum atomic E-state index is -0.552. The second-order valence-electron chi connectivity index (χ2n) is 7.88. The molecule has 3 aromatic carbocycles. The van der Waals surface area contributed by atoms with Crippen LogP contribution in [-0.4, -0.2) is 17.5 Å². The topological polar surface area (TPSA) is 21.7 Å². The molecule has 2 atom stereocenters. The molecule has 2 unspecified atom stereocenters. The summed E-state index contributed by atoms with van der Waals surface area (Å²) in [7, 11) is 2.09. The second kappa shape index (κ2) is 7.67. The van der Waals surface area contributed by atoms with E-state index in [0.29, 0.717) is 6.42 Å². The Labute approximate surface area is 173 Å². The first-order valence-electron chi connectivity index (χ1n) is 9.97. The summed E-state index contributed by atoms with van der Waals surface area (Å²) in [4.78, 5) is 2.22. The summed E-state index contributed by atoms with van der Waals surface area (Å²) >= 11 is 0. The molecule has 1 heterocycles. The number of nitrogens with zero attached hydrogens (tertiary/aromatic N) is 1. The van der Waals surface area contributed by atoms with Gasteiger partial charge in [0, 0.05) is 19.7 Å². The van der Waals surface area contributed by atoms with E-state index in [1.807, 2.05) is 66.7 Å². The number of ether oxygens (including phenoxy) is 2. The van der Waals surface area contributed by atoms with Crippen molar-refractivity contribution in [2.75, 3.05) is 7.05 Å². The highest BCUT2D eigenvalue weighted by Gasteiger charge is 2.53. The van der Waals surface area contributed by atoms with E-state index < -0.39 is 5.60 Å². The molecule has 0 aliphatic carbocycles. The fraction of sp³-hybridized carbons (Fsp3) is 0.231. The van der Waals surface area contributed by atoms with Gasteiger partial charge in [-0.25, -0.2) is 0 Å². The average Bonchev–Trinajstić information content (AvgIpc) is 2.74. The minimum absolute atomic E-state index is 0.381. The van der Waals surface area contributed by atoms with Crippen molar-refractivity contribution in [3.8, 4) is 11.5 Å². The molecule has 0 amide bonds. The lowest BCUT2D eigenvalue weighted by molar-refractivity contribution is -0.0715. The summed E-state index contributed by atoms with van der Waals surface area (Å²) in [5.74, 6) is 2.56. The lowest BCUT2D eigenvalue weighted by atomic mass is 9.71. The molecule has 0 spiro atoms. The first-order valence-corrected chi connectivity index (χ1v) is 9.97. The summed E-state index contributed by atoms with van der Waals surface area (Å²) in [6.07, 6.45) is 2.74. The van der Waals surface area contributed by atoms with Crippen LogP contribution < -0.4 is 9.47 Å². The SMILES string of the molecule is CN1C=C(Oc2ccccc2)CC(C)(Oc2ccccc2)C1(C)c1ccccc1. The molecule has 0 N–H and O–H groups in total. The Hall–Kier alpha value is -3.20. The van der Waals surface area contributed by atoms with Crippen LogP contribution >= 0.6 is 0 Å². The van der Waals surface area contributed by atoms with Crippen LogP contribution in [0, 0.1) is 0 Å². The van der Waals surface area contributed by atoms with E-state index in [1.165, 1.54) is 5.56 Å². The van der Waals surface area contributed by atoms with Crippen LogP contribution in [0.3, 0.4) is 0 Å². The fourth-order valence-electron chi connectivity index (χ4n) is 4.13. The van der Waals surface area contributed by atoms with Gasteiger partial charge in [-0.3, -0.25) is 0 Å². The summed E-state index contributed by atoms with van der Waals surface area (Å²) in [5, 5.41) is 0. The van der Waals surface area contributed by atoms with Gasteiger partial charge in [-0.2, -0.15) is 0 Å². The van der Waals surface area contributed by atoms with E-state index in [0.717, 1.165) is 17.3 Å². The van der Waals surface area contributed by atoms with E-state index in [4.69, 9.17) is 9.47 Å². The molecule has 0 bridgehead atoms. The van der Waals surface area contributed by atoms with Gasteiger partial charge < -0.3 is 14.4 Å². The Bertz CT molecular complexity index is 971. The summed E-state index contributed by atoms with van der Waals surface area (Å²) in [5.41, 5.74) is 0.271. The molecule has 1 aliphatic rings. The average molecular weight is 386 g/mol. The maximum absolute atomic E-state index is 6.69. The molecule has 0 radical (unpaired) electrons. The Kier molecular flexibility index (Phi) is 5.06. The molecular weight excluding hydrogens is 358 g/mol. The van der Waals surface area contributed by atoms with Crippen LogP contribution in [0.15, 0.2) is 103 Å². The van der Waals surface area contributed by atoms with Crippen LogP contribution in [0.1, 0.15) is 25.8 Å². The number of benzene rings is 3. The van der Waals surface area contributed by atoms with Gasteiger partial charge in [-0.15, -0.1) is 0 Å². The van der Waals surface area contributed by atoms with Gasteiger partial charge in [0.2, 0.25) is 0 Å². The lowest BCUT2D eigenvalue weighted by Crippen LogP contribution is -2.61. The minimum Gasteiger partial charge on any atom is -0.484 e. The Morgan fingerprint density at radius 1 is 0.724 bits per heavy atom. The highest BCUT2D eigenvalue weighted by atomic mass is 16.5. The number of para-hydroxylation sites is 2. The van der Waals surface area contributed by atoms with Crippen molar-refractivity contribution in [3.63, 3.8) is 0 Å². The van der Waals surface area contributed by atoms with Crippen molar-refractivity contribution in [3.05, 3.63) is 109 Å². The Morgan fingerprint density at radius 2 is 1.24 bits per heavy atom. The number of hydrogen-bond donors (Lipinski definition) is 0. The van der Waals surface area contributed by atoms with Crippen molar-refractivity contribution in [2.24, 2.45) is 0 Å². The van der Waals surface area contributed by atoms with Crippen LogP contribution in [0.4, 0.5) is 0 Å². The van der Waals surface area contributed by atoms with E-state index in [-0.39, 0.29) is 5.54 Å². The van der Waals surface area contributed by atoms with Gasteiger partial charge in [0.25, 0.3) is 0 Å². The first-order chi connectivity index (χ1) is 14.0. The van der Waals surface area contributed by atoms with Gasteiger partial charge in [-0.1, -0.05) is 66.7 Å². The van der Waals surface area contributed by atoms with E-state index in [2.05, 4.69) is 56.3 Å². The Morgan fingerprint density at radius 3 is 1.83 bits per heavy atom. The van der Waals surface area contributed by atoms with Crippen molar-refractivity contribution >= 4 is 0 Å². The number of rotatable bonds is 5. The van der Waals surface area contributed by atoms with Crippen LogP contribution in [0.25, 0.3) is 0 Å². The third-order valence-electron chi connectivity index (χ3n) is 6.00. The molecule has 3 heteroatoms. The smallest absolute Gasteiger partial charge is 0.140 e. The standard InChI is InChI=1S/C26H27NO2/c1-25(29-23-17-11-6-12-18-23)19-24(28-22-15-9-5-10-16-22)20-27(3)26(25,2)21-13-7-4-8-14-21/h4-18,20H,19H2,1-3H3. The van der Waals surface area contributed by atoms with Crippen molar-refractivity contribution in [1.29, 1.82) is 0 Å². The second-order valence-corrected chi connectivity index (χ2v) is 7.88. The van der Waals surface area contributed by atoms with Crippen LogP contribution in [-0.2, 0) is 5.54 Å². The zero-order valence-corrected chi connectivity index (χ0v) is 17.2. The molecule has 0 aromatic heterocycles. The molecule has 148 valence electrons. The largest absolute Gasteiger partial charge is 0.484 e. The number of likely N-dealkylation sites (N-methyl/N-ethyl adjacent to an activating group) is 1. The van der Waals surface area contributed by atoms with E-state index in [1.54, 1.807) is 0 Å². The van der Waals surface area contributed by atoms with Gasteiger partial charge in [0.05, 0.1) is 0 Å². The van der Waals surface area contributed by atoms with Gasteiger partial charge in [0.15, 0.2) is 0 Å². The molecule has 29 heavy (non-hydrogen) atoms. The van der Waals surface area contributed by atoms with Gasteiger partial charge >= 0.3 is 0 Å². The molecular formula is C26H27NO2. The number of hydrogen-bond acceptors (Lipinski definition) is 3. The normalized spacial score (nSPS) is 24.0. The highest BCUT2D eigenvalue weighted by molar-refractivity contribution is 5.35. The zero-order chi connectivity index (χ0) is 20.3. The third kappa shape index (κ3) is 3.61. The fourth-order valence-corrected chi connectivity index (χ4v) is 4.13. The highest BCUT2D eigenvalue weighted by Crippen LogP contribution is 2.47. The van der Waals surface area contributed by atoms with Crippen LogP contribution in [0.5, 0.6) is 11.5 Å². The van der Waals surface area contributed by atoms with E-state index >= 15 is 0 Å². The molecule has 3 nitrogen and oxygen atoms in total. The maximum atomic E-state index is 6.69. The van der Waals surface area contributed by atoms with Crippen LogP contribution in [0.2, 0.25) is 0 Å². The maximum Gasteiger partial charge on any atom is 0.140 e. The lowest BCUT2D eigenvalue weighted by Gasteiger charge is -2.54. The molecule has 1 aliphatic heterocycles. The van der Waals surface area contributed by atoms with Gasteiger partial charge in [0.1, 0.15) is 28.4 Å². The summed E-state index contributed by atoms with van der Waals surface area (Å²) in [6.45, 7) is 4.41. The van der Waals surface area contributed by atoms with Gasteiger partial charge in [-0.05, 0) is 43.7 Å². The summed E-state index contributed by atoms with van der Waals surface area (Å²) in [6, 6.07) is 30.5. The first kappa shape index (κ1) is 19.1. The predicted molar refractivity (Wildman–Crippen MR) is 117 cm³/mol. The molecule has 4 rings (SSSR count). The zero-order valence-electron chi connectivity index (χ0n) is 17.2. The molecule has 0 saturated carbocycles. The summed E-state index contributed by atoms with van der Waals surface area (Å²) < 4.78 is 12.9. The van der Waals surface area contributed by atoms with Crippen molar-refractivity contribution < 1.29 is 9.47 Å². The molecule has 0 saturated heterocycles. The van der Waals surface area contributed by atoms with Crippen molar-refractivity contribution in [1.82, 2.24) is 4.90 Å². The molecule has 0 fully saturated rings. The van der Waals surface area contributed by atoms with E-state index in [9.17, 15) is 0 Å². The quantitative estimate of drug-likeness (QED) is 0.538. The Balaban J connectivity index is 1.76. The third-order valence-corrected chi connectivity index (χ3v) is 6.00.